The SMILES string of the molecule is CCNC(=O)[C@H]1O[C@@H](n2cnc3c(NCC(c4ccccc4)c4ccccc4)nc(C(=O)C[C@@H]4CCN(C(=O)NCCc5ccccc5)C4)nc32)[C@H](O)[C@@H]1O. The van der Waals surface area contributed by atoms with Gasteiger partial charge in [0.15, 0.2) is 35.1 Å². The first-order valence-corrected chi connectivity index (χ1v) is 18.8. The van der Waals surface area contributed by atoms with E-state index in [9.17, 15) is 24.6 Å². The lowest BCUT2D eigenvalue weighted by Gasteiger charge is -2.20. The fourth-order valence-electron chi connectivity index (χ4n) is 7.34. The molecule has 3 amide bonds. The van der Waals surface area contributed by atoms with Crippen molar-refractivity contribution in [2.75, 3.05) is 38.0 Å². The van der Waals surface area contributed by atoms with Crippen LogP contribution in [0.25, 0.3) is 11.2 Å². The van der Waals surface area contributed by atoms with Gasteiger partial charge in [-0.25, -0.2) is 19.7 Å². The van der Waals surface area contributed by atoms with Crippen molar-refractivity contribution in [2.45, 2.75) is 56.6 Å². The number of benzene rings is 3. The van der Waals surface area contributed by atoms with Crippen LogP contribution in [0.3, 0.4) is 0 Å². The average molecular weight is 747 g/mol. The van der Waals surface area contributed by atoms with Gasteiger partial charge in [-0.05, 0) is 42.4 Å². The molecule has 5 atom stereocenters. The number of rotatable bonds is 14. The zero-order valence-electron chi connectivity index (χ0n) is 30.6. The van der Waals surface area contributed by atoms with Crippen molar-refractivity contribution in [1.29, 1.82) is 0 Å². The molecule has 14 heteroatoms. The van der Waals surface area contributed by atoms with Gasteiger partial charge in [0, 0.05) is 45.1 Å². The number of aromatic nitrogens is 4. The highest BCUT2D eigenvalue weighted by atomic mass is 16.6. The number of carbonyl (C=O) groups excluding carboxylic acids is 3. The molecule has 2 saturated heterocycles. The van der Waals surface area contributed by atoms with Gasteiger partial charge in [0.05, 0.1) is 6.33 Å². The first-order valence-electron chi connectivity index (χ1n) is 18.8. The maximum absolute atomic E-state index is 14.0. The molecule has 5 N–H and O–H groups in total. The lowest BCUT2D eigenvalue weighted by atomic mass is 9.91. The number of aliphatic hydroxyl groups excluding tert-OH is 2. The largest absolute Gasteiger partial charge is 0.387 e. The van der Waals surface area contributed by atoms with Gasteiger partial charge < -0.3 is 35.8 Å². The van der Waals surface area contributed by atoms with Crippen molar-refractivity contribution in [3.05, 3.63) is 120 Å². The van der Waals surface area contributed by atoms with Crippen molar-refractivity contribution in [2.24, 2.45) is 5.92 Å². The Hall–Kier alpha value is -5.70. The second-order valence-electron chi connectivity index (χ2n) is 14.0. The number of nitrogens with zero attached hydrogens (tertiary/aromatic N) is 5. The Kier molecular flexibility index (Phi) is 11.8. The minimum Gasteiger partial charge on any atom is -0.387 e. The number of hydrogen-bond acceptors (Lipinski definition) is 10. The minimum atomic E-state index is -1.51. The molecule has 0 aliphatic carbocycles. The Morgan fingerprint density at radius 3 is 2.24 bits per heavy atom. The molecule has 14 nitrogen and oxygen atoms in total. The Balaban J connectivity index is 1.13. The van der Waals surface area contributed by atoms with Crippen molar-refractivity contribution in [1.82, 2.24) is 35.1 Å². The Morgan fingerprint density at radius 2 is 1.56 bits per heavy atom. The van der Waals surface area contributed by atoms with Gasteiger partial charge in [0.1, 0.15) is 12.2 Å². The third-order valence-corrected chi connectivity index (χ3v) is 10.3. The van der Waals surface area contributed by atoms with Gasteiger partial charge in [-0.2, -0.15) is 0 Å². The molecule has 3 aromatic carbocycles. The maximum atomic E-state index is 14.0. The van der Waals surface area contributed by atoms with E-state index in [0.717, 1.165) is 23.1 Å². The number of ketones is 1. The number of fused-ring (bicyclic) bond motifs is 1. The fraction of sp³-hybridized carbons (Fsp3) is 0.366. The number of Topliss-reactive ketones (excluding diaryl/α,β-unsaturated/α-hetero) is 1. The van der Waals surface area contributed by atoms with E-state index >= 15 is 0 Å². The van der Waals surface area contributed by atoms with Gasteiger partial charge in [-0.15, -0.1) is 0 Å². The normalized spacial score (nSPS) is 20.9. The van der Waals surface area contributed by atoms with Crippen molar-refractivity contribution in [3.8, 4) is 0 Å². The van der Waals surface area contributed by atoms with Crippen molar-refractivity contribution in [3.63, 3.8) is 0 Å². The number of aliphatic hydroxyl groups is 2. The number of likely N-dealkylation sites (N-methyl/N-ethyl adjacent to an activating group) is 1. The van der Waals surface area contributed by atoms with E-state index in [-0.39, 0.29) is 41.5 Å². The van der Waals surface area contributed by atoms with E-state index in [2.05, 4.69) is 50.2 Å². The highest BCUT2D eigenvalue weighted by molar-refractivity contribution is 5.96. The quantitative estimate of drug-likeness (QED) is 0.105. The summed E-state index contributed by atoms with van der Waals surface area (Å²) in [5.41, 5.74) is 3.81. The molecule has 2 fully saturated rings. The van der Waals surface area contributed by atoms with Gasteiger partial charge in [-0.3, -0.25) is 14.2 Å². The second-order valence-corrected chi connectivity index (χ2v) is 14.0. The van der Waals surface area contributed by atoms with Crippen LogP contribution in [-0.4, -0.2) is 103 Å². The number of ether oxygens (including phenoxy) is 1. The number of nitrogens with one attached hydrogen (secondary N) is 3. The van der Waals surface area contributed by atoms with Crippen molar-refractivity contribution < 1.29 is 29.3 Å². The van der Waals surface area contributed by atoms with E-state index < -0.39 is 30.4 Å². The molecule has 2 aliphatic heterocycles. The Bertz CT molecular complexity index is 2040. The molecule has 286 valence electrons. The zero-order chi connectivity index (χ0) is 38.3. The molecule has 0 saturated carbocycles. The predicted molar refractivity (Wildman–Crippen MR) is 205 cm³/mol. The lowest BCUT2D eigenvalue weighted by Crippen LogP contribution is -2.42. The molecule has 4 heterocycles. The molecule has 2 aliphatic rings. The van der Waals surface area contributed by atoms with Crippen LogP contribution >= 0.6 is 0 Å². The molecule has 5 aromatic rings. The van der Waals surface area contributed by atoms with Crippen LogP contribution in [0.15, 0.2) is 97.3 Å². The minimum absolute atomic E-state index is 0.0632. The summed E-state index contributed by atoms with van der Waals surface area (Å²) in [6.07, 6.45) is -2.64. The molecule has 0 unspecified atom stereocenters. The van der Waals surface area contributed by atoms with Crippen LogP contribution in [0.2, 0.25) is 0 Å². The van der Waals surface area contributed by atoms with E-state index in [4.69, 9.17) is 9.72 Å². The predicted octanol–water partition coefficient (Wildman–Crippen LogP) is 3.67. The number of amides is 3. The van der Waals surface area contributed by atoms with Crippen LogP contribution in [0.1, 0.15) is 59.2 Å². The van der Waals surface area contributed by atoms with E-state index in [1.54, 1.807) is 11.8 Å². The third kappa shape index (κ3) is 8.51. The van der Waals surface area contributed by atoms with Gasteiger partial charge in [0.2, 0.25) is 5.78 Å². The number of carbonyl (C=O) groups is 3. The summed E-state index contributed by atoms with van der Waals surface area (Å²) in [5.74, 6) is -0.802. The molecular weight excluding hydrogens is 701 g/mol. The highest BCUT2D eigenvalue weighted by Crippen LogP contribution is 2.34. The van der Waals surface area contributed by atoms with Crippen LogP contribution in [0, 0.1) is 5.92 Å². The summed E-state index contributed by atoms with van der Waals surface area (Å²) in [4.78, 5) is 55.3. The smallest absolute Gasteiger partial charge is 0.317 e. The molecule has 2 aromatic heterocycles. The first kappa shape index (κ1) is 37.6. The first-order chi connectivity index (χ1) is 26.8. The maximum Gasteiger partial charge on any atom is 0.317 e. The number of hydrogen-bond donors (Lipinski definition) is 5. The Labute approximate surface area is 319 Å². The topological polar surface area (TPSA) is 184 Å². The average Bonchev–Trinajstić information content (AvgIpc) is 3.93. The summed E-state index contributed by atoms with van der Waals surface area (Å²) in [6.45, 7) is 3.92. The lowest BCUT2D eigenvalue weighted by molar-refractivity contribution is -0.137. The Morgan fingerprint density at radius 1 is 0.891 bits per heavy atom. The van der Waals surface area contributed by atoms with Crippen LogP contribution in [0.5, 0.6) is 0 Å². The fourth-order valence-corrected chi connectivity index (χ4v) is 7.34. The van der Waals surface area contributed by atoms with Crippen LogP contribution < -0.4 is 16.0 Å². The molecular formula is C41H46N8O6. The highest BCUT2D eigenvalue weighted by Gasteiger charge is 2.47. The molecule has 7 rings (SSSR count). The van der Waals surface area contributed by atoms with E-state index in [1.807, 2.05) is 66.7 Å². The monoisotopic (exact) mass is 746 g/mol. The zero-order valence-corrected chi connectivity index (χ0v) is 30.6. The summed E-state index contributed by atoms with van der Waals surface area (Å²) in [7, 11) is 0. The van der Waals surface area contributed by atoms with Crippen LogP contribution in [-0.2, 0) is 16.0 Å². The standard InChI is InChI=1S/C41H46N8O6/c1-2-42-39(53)35-33(51)34(52)40(55-35)49-25-45-32-37(44-23-30(28-14-8-4-9-15-28)29-16-10-5-11-17-29)46-36(47-38(32)49)31(50)22-27-19-21-48(24-27)41(54)43-20-18-26-12-6-3-7-13-26/h3-17,25,27,30,33-35,40,51-52H,2,18-24H2,1H3,(H,42,53)(H,43,54)(H,44,46,47)/t27-,33-,34+,35-,40+/m0/s1. The number of urea groups is 1. The summed E-state index contributed by atoms with van der Waals surface area (Å²) in [6, 6.07) is 29.9. The molecule has 55 heavy (non-hydrogen) atoms. The third-order valence-electron chi connectivity index (χ3n) is 10.3. The van der Waals surface area contributed by atoms with Crippen LogP contribution in [0.4, 0.5) is 10.6 Å². The number of likely N-dealkylation sites (tertiary alicyclic amines) is 1. The molecule has 0 radical (unpaired) electrons. The second kappa shape index (κ2) is 17.2. The van der Waals surface area contributed by atoms with Crippen molar-refractivity contribution >= 4 is 34.7 Å². The molecule has 0 bridgehead atoms. The van der Waals surface area contributed by atoms with Gasteiger partial charge in [-0.1, -0.05) is 91.0 Å². The number of anilines is 1. The number of imidazole rings is 1. The van der Waals surface area contributed by atoms with Gasteiger partial charge >= 0.3 is 6.03 Å². The summed E-state index contributed by atoms with van der Waals surface area (Å²) in [5, 5.41) is 30.9. The summed E-state index contributed by atoms with van der Waals surface area (Å²) < 4.78 is 7.33. The van der Waals surface area contributed by atoms with E-state index in [0.29, 0.717) is 50.5 Å². The van der Waals surface area contributed by atoms with E-state index in [1.165, 1.54) is 10.9 Å². The molecule has 0 spiro atoms. The summed E-state index contributed by atoms with van der Waals surface area (Å²) >= 11 is 0. The van der Waals surface area contributed by atoms with Gasteiger partial charge in [0.25, 0.3) is 5.91 Å².